The second kappa shape index (κ2) is 10.6. The lowest BCUT2D eigenvalue weighted by molar-refractivity contribution is -0.137. The van der Waals surface area contributed by atoms with Crippen molar-refractivity contribution < 1.29 is 31.2 Å². The summed E-state index contributed by atoms with van der Waals surface area (Å²) in [6.45, 7) is 5.43. The Morgan fingerprint density at radius 3 is 2.30 bits per heavy atom. The number of para-hydroxylation sites is 2. The van der Waals surface area contributed by atoms with Gasteiger partial charge in [0.1, 0.15) is 16.9 Å². The molecule has 0 aliphatic heterocycles. The van der Waals surface area contributed by atoms with Crippen molar-refractivity contribution in [1.82, 2.24) is 0 Å². The number of anilines is 2. The van der Waals surface area contributed by atoms with Crippen LogP contribution in [0.3, 0.4) is 0 Å². The second-order valence-electron chi connectivity index (χ2n) is 5.84. The van der Waals surface area contributed by atoms with E-state index in [0.29, 0.717) is 6.07 Å². The largest absolute Gasteiger partial charge is 0.495 e. The maximum Gasteiger partial charge on any atom is 0.416 e. The predicted octanol–water partition coefficient (Wildman–Crippen LogP) is 4.06. The molecule has 30 heavy (non-hydrogen) atoms. The van der Waals surface area contributed by atoms with Gasteiger partial charge in [0.25, 0.3) is 10.0 Å². The number of ether oxygens (including phenoxy) is 1. The van der Waals surface area contributed by atoms with E-state index < -0.39 is 26.7 Å². The smallest absolute Gasteiger partial charge is 0.416 e. The lowest BCUT2D eigenvalue weighted by Gasteiger charge is -2.15. The molecule has 7 nitrogen and oxygen atoms in total. The molecule has 0 radical (unpaired) electrons. The molecule has 0 unspecified atom stereocenters. The molecule has 0 amide bonds. The molecule has 0 bridgehead atoms. The number of benzene rings is 2. The Hall–Kier alpha value is -3.18. The fourth-order valence-electron chi connectivity index (χ4n) is 2.01. The van der Waals surface area contributed by atoms with Crippen LogP contribution in [0.2, 0.25) is 0 Å². The number of hydrogen-bond acceptors (Lipinski definition) is 6. The van der Waals surface area contributed by atoms with Gasteiger partial charge in [0.2, 0.25) is 0 Å². The van der Waals surface area contributed by atoms with Crippen LogP contribution in [0.1, 0.15) is 12.5 Å². The van der Waals surface area contributed by atoms with Crippen LogP contribution in [0.25, 0.3) is 0 Å². The summed E-state index contributed by atoms with van der Waals surface area (Å²) in [5.41, 5.74) is 5.66. The van der Waals surface area contributed by atoms with E-state index in [0.717, 1.165) is 17.7 Å². The molecule has 0 saturated carbocycles. The molecule has 0 fully saturated rings. The summed E-state index contributed by atoms with van der Waals surface area (Å²) in [4.78, 5) is 3.48. The molecule has 0 atom stereocenters. The van der Waals surface area contributed by atoms with Crippen LogP contribution in [0.15, 0.2) is 71.9 Å². The molecule has 2 aromatic rings. The topological polar surface area (TPSA) is 117 Å². The molecule has 0 aromatic heterocycles. The normalized spacial score (nSPS) is 11.4. The third-order valence-electron chi connectivity index (χ3n) is 3.42. The summed E-state index contributed by atoms with van der Waals surface area (Å²) in [5.74, 6) is 4.44. The first kappa shape index (κ1) is 24.9. The number of methoxy groups -OCH3 is 1. The van der Waals surface area contributed by atoms with Crippen molar-refractivity contribution in [3.8, 4) is 5.75 Å². The minimum absolute atomic E-state index is 0.0620. The number of rotatable bonds is 6. The molecule has 11 heteroatoms. The predicted molar refractivity (Wildman–Crippen MR) is 109 cm³/mol. The van der Waals surface area contributed by atoms with Crippen molar-refractivity contribution in [3.63, 3.8) is 0 Å². The summed E-state index contributed by atoms with van der Waals surface area (Å²) in [6.07, 6.45) is -1.62. The van der Waals surface area contributed by atoms with Gasteiger partial charge in [-0.3, -0.25) is 4.72 Å². The van der Waals surface area contributed by atoms with Crippen LogP contribution in [0.4, 0.5) is 24.5 Å². The van der Waals surface area contributed by atoms with E-state index >= 15 is 0 Å². The Bertz CT molecular complexity index is 1010. The number of nitrogen functional groups attached to an aromatic ring is 1. The van der Waals surface area contributed by atoms with Gasteiger partial charge in [-0.15, -0.1) is 0 Å². The highest BCUT2D eigenvalue weighted by Gasteiger charge is 2.33. The number of hydrogen-bond donors (Lipinski definition) is 3. The molecular formula is C19H22F3N3O4S. The first-order valence-corrected chi connectivity index (χ1v) is 9.71. The van der Waals surface area contributed by atoms with E-state index in [2.05, 4.69) is 22.0 Å². The molecule has 2 aromatic carbocycles. The molecule has 5 N–H and O–H groups in total. The van der Waals surface area contributed by atoms with Gasteiger partial charge in [0.15, 0.2) is 0 Å². The van der Waals surface area contributed by atoms with E-state index in [1.54, 1.807) is 12.1 Å². The number of nitrogens with one attached hydrogen (secondary N) is 1. The quantitative estimate of drug-likeness (QED) is 0.267. The van der Waals surface area contributed by atoms with Gasteiger partial charge < -0.3 is 15.3 Å². The Morgan fingerprint density at radius 1 is 1.20 bits per heavy atom. The number of alkyl halides is 3. The van der Waals surface area contributed by atoms with Gasteiger partial charge in [-0.05, 0) is 43.3 Å². The van der Waals surface area contributed by atoms with Crippen molar-refractivity contribution in [2.75, 3.05) is 17.6 Å². The van der Waals surface area contributed by atoms with Gasteiger partial charge in [-0.25, -0.2) is 8.42 Å². The maximum atomic E-state index is 12.8. The highest BCUT2D eigenvalue weighted by atomic mass is 32.2. The summed E-state index contributed by atoms with van der Waals surface area (Å²) < 4.78 is 70.2. The van der Waals surface area contributed by atoms with E-state index in [9.17, 15) is 21.6 Å². The summed E-state index contributed by atoms with van der Waals surface area (Å²) in [7, 11) is -3.15. The Kier molecular flexibility index (Phi) is 8.75. The highest BCUT2D eigenvalue weighted by Crippen LogP contribution is 2.35. The zero-order chi connectivity index (χ0) is 22.9. The van der Waals surface area contributed by atoms with E-state index in [-0.39, 0.29) is 17.1 Å². The standard InChI is InChI=1S/C14H13F3N2O3S.C5H9NO/c1-22-12-7-6-9(14(15,16)17)8-13(12)23(20,21)19-11-5-3-2-4-10(11)18;1-5(2)3-4-7-6/h2-8,19H,18H2,1H3;3-4H,1,6H2,2H3/b;4-3-. The summed E-state index contributed by atoms with van der Waals surface area (Å²) in [5, 5.41) is 0. The van der Waals surface area contributed by atoms with Crippen LogP contribution < -0.4 is 21.1 Å². The molecule has 0 aliphatic rings. The molecular weight excluding hydrogens is 423 g/mol. The zero-order valence-electron chi connectivity index (χ0n) is 16.2. The van der Waals surface area contributed by atoms with Crippen LogP contribution in [0, 0.1) is 0 Å². The molecule has 0 spiro atoms. The molecule has 164 valence electrons. The van der Waals surface area contributed by atoms with Gasteiger partial charge in [0.05, 0.1) is 24.0 Å². The van der Waals surface area contributed by atoms with E-state index in [4.69, 9.17) is 10.5 Å². The van der Waals surface area contributed by atoms with Crippen molar-refractivity contribution in [3.05, 3.63) is 72.5 Å². The minimum atomic E-state index is -4.68. The summed E-state index contributed by atoms with van der Waals surface area (Å²) >= 11 is 0. The number of allylic oxidation sites excluding steroid dienone is 2. The van der Waals surface area contributed by atoms with Crippen LogP contribution in [-0.2, 0) is 21.0 Å². The lowest BCUT2D eigenvalue weighted by atomic mass is 10.2. The van der Waals surface area contributed by atoms with Gasteiger partial charge >= 0.3 is 6.18 Å². The van der Waals surface area contributed by atoms with Crippen LogP contribution >= 0.6 is 0 Å². The SMILES string of the molecule is C=C(C)/C=C\ON.COc1ccc(C(F)(F)F)cc1S(=O)(=O)Nc1ccccc1N. The molecule has 2 rings (SSSR count). The van der Waals surface area contributed by atoms with Crippen LogP contribution in [-0.4, -0.2) is 15.5 Å². The minimum Gasteiger partial charge on any atom is -0.495 e. The average Bonchev–Trinajstić information content (AvgIpc) is 2.67. The fraction of sp³-hybridized carbons (Fsp3) is 0.158. The number of halogens is 3. The zero-order valence-corrected chi connectivity index (χ0v) is 17.0. The highest BCUT2D eigenvalue weighted by molar-refractivity contribution is 7.92. The summed E-state index contributed by atoms with van der Waals surface area (Å²) in [6, 6.07) is 8.20. The molecule has 0 heterocycles. The Morgan fingerprint density at radius 2 is 1.83 bits per heavy atom. The number of nitrogens with two attached hydrogens (primary N) is 2. The third-order valence-corrected chi connectivity index (χ3v) is 4.80. The fourth-order valence-corrected chi connectivity index (χ4v) is 3.29. The first-order valence-electron chi connectivity index (χ1n) is 8.22. The van der Waals surface area contributed by atoms with Crippen molar-refractivity contribution in [1.29, 1.82) is 0 Å². The number of sulfonamides is 1. The monoisotopic (exact) mass is 445 g/mol. The second-order valence-corrected chi connectivity index (χ2v) is 7.49. The van der Waals surface area contributed by atoms with Crippen molar-refractivity contribution in [2.24, 2.45) is 5.90 Å². The van der Waals surface area contributed by atoms with Gasteiger partial charge in [-0.2, -0.15) is 19.1 Å². The molecule has 0 aliphatic carbocycles. The van der Waals surface area contributed by atoms with Gasteiger partial charge in [0, 0.05) is 0 Å². The Labute approximate surface area is 172 Å². The Balaban J connectivity index is 0.000000553. The van der Waals surface area contributed by atoms with E-state index in [1.807, 2.05) is 6.92 Å². The maximum absolute atomic E-state index is 12.8. The third kappa shape index (κ3) is 7.33. The molecule has 0 saturated heterocycles. The van der Waals surface area contributed by atoms with Gasteiger partial charge in [-0.1, -0.05) is 24.3 Å². The van der Waals surface area contributed by atoms with Crippen molar-refractivity contribution in [2.45, 2.75) is 18.0 Å². The van der Waals surface area contributed by atoms with Crippen LogP contribution in [0.5, 0.6) is 5.75 Å². The lowest BCUT2D eigenvalue weighted by Crippen LogP contribution is -2.16. The average molecular weight is 445 g/mol. The first-order chi connectivity index (χ1) is 13.9. The van der Waals surface area contributed by atoms with Crippen molar-refractivity contribution >= 4 is 21.4 Å². The van der Waals surface area contributed by atoms with E-state index in [1.165, 1.54) is 31.6 Å².